The summed E-state index contributed by atoms with van der Waals surface area (Å²) in [4.78, 5) is 18.6. The van der Waals surface area contributed by atoms with Crippen LogP contribution in [0, 0.1) is 0 Å². The number of carbonyl (C=O) groups excluding carboxylic acids is 1. The van der Waals surface area contributed by atoms with Crippen LogP contribution in [0.4, 0.5) is 5.82 Å². The summed E-state index contributed by atoms with van der Waals surface area (Å²) in [7, 11) is -5.66. The van der Waals surface area contributed by atoms with E-state index in [9.17, 15) is 4.79 Å². The summed E-state index contributed by atoms with van der Waals surface area (Å²) < 4.78 is 29.3. The lowest BCUT2D eigenvalue weighted by molar-refractivity contribution is -0.127. The maximum Gasteiger partial charge on any atom is 0.335 e. The number of ether oxygens (including phenoxy) is 1. The van der Waals surface area contributed by atoms with Gasteiger partial charge in [-0.1, -0.05) is 85.7 Å². The number of aromatic nitrogens is 3. The molecule has 222 valence electrons. The molecular weight excluding hydrogens is 553 g/mol. The zero-order chi connectivity index (χ0) is 29.5. The molecule has 2 aromatic heterocycles. The first kappa shape index (κ1) is 30.1. The zero-order valence-electron chi connectivity index (χ0n) is 25.5. The molecule has 1 aromatic carbocycles. The Labute approximate surface area is 245 Å². The largest absolute Gasteiger partial charge is 0.414 e. The summed E-state index contributed by atoms with van der Waals surface area (Å²) in [5.41, 5.74) is 3.26. The third-order valence-electron chi connectivity index (χ3n) is 8.56. The molecule has 4 heterocycles. The van der Waals surface area contributed by atoms with Gasteiger partial charge in [0.1, 0.15) is 24.1 Å². The monoisotopic (exact) mass is 596 g/mol. The molecule has 0 amide bonds. The van der Waals surface area contributed by atoms with E-state index in [0.29, 0.717) is 18.1 Å². The van der Waals surface area contributed by atoms with E-state index in [4.69, 9.17) is 17.7 Å². The number of benzene rings is 1. The number of hydrogen-bond donors (Lipinski definition) is 1. The molecule has 2 fully saturated rings. The molecule has 2 saturated heterocycles. The number of rotatable bonds is 8. The molecule has 2 aliphatic heterocycles. The molecule has 0 saturated carbocycles. The minimum atomic E-state index is -2.94. The van der Waals surface area contributed by atoms with Gasteiger partial charge in [-0.25, -0.2) is 9.50 Å². The summed E-state index contributed by atoms with van der Waals surface area (Å²) in [5, 5.41) is 7.90. The Morgan fingerprint density at radius 3 is 2.22 bits per heavy atom. The SMILES string of the molecule is CC(C)[Si]1(C(C)C)OC[C@H]2O[C@@H](c3ccc4c(NCc5ccccc5)ncnn34)C(=O)[C@@H]2O[Si](C(C)C)(C(C)C)O1. The highest BCUT2D eigenvalue weighted by Crippen LogP contribution is 2.48. The van der Waals surface area contributed by atoms with Gasteiger partial charge >= 0.3 is 17.1 Å². The lowest BCUT2D eigenvalue weighted by atomic mass is 10.1. The van der Waals surface area contributed by atoms with Gasteiger partial charge in [-0.3, -0.25) is 4.79 Å². The van der Waals surface area contributed by atoms with Crippen molar-refractivity contribution in [1.82, 2.24) is 14.6 Å². The fourth-order valence-corrected chi connectivity index (χ4v) is 17.5. The average Bonchev–Trinajstić information content (AvgIpc) is 3.48. The van der Waals surface area contributed by atoms with E-state index in [1.54, 1.807) is 4.52 Å². The molecule has 0 bridgehead atoms. The number of anilines is 1. The van der Waals surface area contributed by atoms with Crippen LogP contribution in [0.3, 0.4) is 0 Å². The van der Waals surface area contributed by atoms with E-state index in [1.807, 2.05) is 30.3 Å². The number of ketones is 1. The molecular formula is C30H44N4O5Si2. The van der Waals surface area contributed by atoms with E-state index in [0.717, 1.165) is 11.1 Å². The predicted molar refractivity (Wildman–Crippen MR) is 163 cm³/mol. The quantitative estimate of drug-likeness (QED) is 0.303. The lowest BCUT2D eigenvalue weighted by Gasteiger charge is -2.50. The van der Waals surface area contributed by atoms with Gasteiger partial charge in [0.25, 0.3) is 0 Å². The highest BCUT2D eigenvalue weighted by Gasteiger charge is 2.61. The van der Waals surface area contributed by atoms with Crippen LogP contribution in [0.5, 0.6) is 0 Å². The van der Waals surface area contributed by atoms with Crippen LogP contribution in [0.25, 0.3) is 5.52 Å². The molecule has 0 aliphatic carbocycles. The van der Waals surface area contributed by atoms with Crippen LogP contribution in [0.2, 0.25) is 22.2 Å². The predicted octanol–water partition coefficient (Wildman–Crippen LogP) is 6.31. The summed E-state index contributed by atoms with van der Waals surface area (Å²) in [5.74, 6) is 0.580. The van der Waals surface area contributed by atoms with Crippen LogP contribution in [0.1, 0.15) is 72.8 Å². The standard InChI is InChI=1S/C30H44N4O5Si2/c1-19(2)40(20(3)4)36-17-26-29(38-41(39-40,21(5)6)22(7)8)27(35)28(37-26)24-14-15-25-30(32-18-33-34(24)25)31-16-23-12-10-9-11-13-23/h9-15,18-22,26,28-29H,16-17H2,1-8H3,(H,31,32,33)/t26-,28+,29-/m1/s1. The second kappa shape index (κ2) is 11.7. The van der Waals surface area contributed by atoms with E-state index < -0.39 is 35.4 Å². The number of Topliss-reactive ketones (excluding diaryl/α,β-unsaturated/α-hetero) is 1. The Morgan fingerprint density at radius 2 is 1.59 bits per heavy atom. The molecule has 5 rings (SSSR count). The van der Waals surface area contributed by atoms with Crippen molar-refractivity contribution in [2.45, 2.75) is 102 Å². The first-order chi connectivity index (χ1) is 19.5. The number of nitrogens with zero attached hydrogens (tertiary/aromatic N) is 3. The van der Waals surface area contributed by atoms with Crippen LogP contribution in [-0.4, -0.2) is 56.3 Å². The summed E-state index contributed by atoms with van der Waals surface area (Å²) >= 11 is 0. The van der Waals surface area contributed by atoms with Gasteiger partial charge in [0.15, 0.2) is 17.7 Å². The maximum absolute atomic E-state index is 14.1. The van der Waals surface area contributed by atoms with E-state index in [-0.39, 0.29) is 34.6 Å². The third kappa shape index (κ3) is 5.32. The molecule has 11 heteroatoms. The van der Waals surface area contributed by atoms with Gasteiger partial charge in [0.2, 0.25) is 0 Å². The summed E-state index contributed by atoms with van der Waals surface area (Å²) in [6.45, 7) is 18.2. The van der Waals surface area contributed by atoms with Crippen molar-refractivity contribution < 1.29 is 22.5 Å². The van der Waals surface area contributed by atoms with Crippen LogP contribution >= 0.6 is 0 Å². The number of carbonyl (C=O) groups is 1. The van der Waals surface area contributed by atoms with Crippen molar-refractivity contribution in [3.05, 3.63) is 60.0 Å². The molecule has 2 aliphatic rings. The van der Waals surface area contributed by atoms with Crippen molar-refractivity contribution in [3.8, 4) is 0 Å². The lowest BCUT2D eigenvalue weighted by Crippen LogP contribution is -2.65. The smallest absolute Gasteiger partial charge is 0.335 e. The zero-order valence-corrected chi connectivity index (χ0v) is 27.5. The van der Waals surface area contributed by atoms with Crippen molar-refractivity contribution in [2.24, 2.45) is 0 Å². The Hall–Kier alpha value is -2.42. The van der Waals surface area contributed by atoms with Crippen molar-refractivity contribution >= 4 is 34.2 Å². The van der Waals surface area contributed by atoms with Crippen LogP contribution in [0.15, 0.2) is 48.8 Å². The molecule has 9 nitrogen and oxygen atoms in total. The molecule has 41 heavy (non-hydrogen) atoms. The van der Waals surface area contributed by atoms with E-state index >= 15 is 0 Å². The highest BCUT2D eigenvalue weighted by molar-refractivity contribution is 6.84. The van der Waals surface area contributed by atoms with Gasteiger partial charge in [-0.05, 0) is 39.9 Å². The second-order valence-electron chi connectivity index (χ2n) is 12.5. The molecule has 0 radical (unpaired) electrons. The van der Waals surface area contributed by atoms with Gasteiger partial charge in [0, 0.05) is 6.54 Å². The van der Waals surface area contributed by atoms with Gasteiger partial charge < -0.3 is 23.0 Å². The minimum Gasteiger partial charge on any atom is -0.414 e. The number of nitrogens with one attached hydrogen (secondary N) is 1. The maximum atomic E-state index is 14.1. The summed E-state index contributed by atoms with van der Waals surface area (Å²) in [6, 6.07) is 14.0. The van der Waals surface area contributed by atoms with Crippen molar-refractivity contribution in [2.75, 3.05) is 11.9 Å². The Balaban J connectivity index is 1.48. The Bertz CT molecular complexity index is 1350. The van der Waals surface area contributed by atoms with Crippen molar-refractivity contribution in [1.29, 1.82) is 0 Å². The van der Waals surface area contributed by atoms with Crippen LogP contribution < -0.4 is 5.32 Å². The highest BCUT2D eigenvalue weighted by atomic mass is 28.5. The topological polar surface area (TPSA) is 96.2 Å². The fraction of sp³-hybridized carbons (Fsp3) is 0.567. The van der Waals surface area contributed by atoms with E-state index in [1.165, 1.54) is 6.33 Å². The first-order valence-electron chi connectivity index (χ1n) is 14.8. The normalized spacial score (nSPS) is 24.3. The van der Waals surface area contributed by atoms with E-state index in [2.05, 4.69) is 82.9 Å². The number of hydrogen-bond acceptors (Lipinski definition) is 8. The van der Waals surface area contributed by atoms with Crippen LogP contribution in [-0.2, 0) is 29.0 Å². The Kier molecular flexibility index (Phi) is 8.57. The first-order valence-corrected chi connectivity index (χ1v) is 18.8. The molecule has 3 aromatic rings. The molecule has 3 atom stereocenters. The number of fused-ring (bicyclic) bond motifs is 2. The molecule has 0 spiro atoms. The molecule has 0 unspecified atom stereocenters. The second-order valence-corrected chi connectivity index (χ2v) is 21.3. The van der Waals surface area contributed by atoms with Gasteiger partial charge in [0.05, 0.1) is 12.3 Å². The average molecular weight is 597 g/mol. The molecule has 1 N–H and O–H groups in total. The fourth-order valence-electron chi connectivity index (χ4n) is 6.32. The van der Waals surface area contributed by atoms with Gasteiger partial charge in [-0.2, -0.15) is 5.10 Å². The third-order valence-corrected chi connectivity index (χ3v) is 18.8. The van der Waals surface area contributed by atoms with Crippen molar-refractivity contribution in [3.63, 3.8) is 0 Å². The Morgan fingerprint density at radius 1 is 0.927 bits per heavy atom. The van der Waals surface area contributed by atoms with Gasteiger partial charge in [-0.15, -0.1) is 0 Å². The summed E-state index contributed by atoms with van der Waals surface area (Å²) in [6.07, 6.45) is -0.606. The minimum absolute atomic E-state index is 0.110.